The number of hydrogen-bond donors (Lipinski definition) is 1. The molecule has 0 fully saturated rings. The van der Waals surface area contributed by atoms with Crippen LogP contribution in [0.5, 0.6) is 0 Å². The molecule has 3 nitrogen and oxygen atoms in total. The molecular formula is C13H9Cl2N3. The molecule has 5 heteroatoms. The van der Waals surface area contributed by atoms with Crippen molar-refractivity contribution in [2.24, 2.45) is 0 Å². The van der Waals surface area contributed by atoms with Crippen LogP contribution < -0.4 is 5.32 Å². The molecule has 1 N–H and O–H groups in total. The third-order valence-electron chi connectivity index (χ3n) is 2.37. The van der Waals surface area contributed by atoms with Crippen molar-refractivity contribution in [1.29, 1.82) is 5.26 Å². The average molecular weight is 278 g/mol. The molecule has 0 spiro atoms. The van der Waals surface area contributed by atoms with Crippen molar-refractivity contribution in [3.63, 3.8) is 0 Å². The van der Waals surface area contributed by atoms with Crippen LogP contribution in [-0.4, -0.2) is 4.98 Å². The van der Waals surface area contributed by atoms with E-state index in [9.17, 15) is 0 Å². The molecule has 1 heterocycles. The molecule has 0 saturated carbocycles. The standard InChI is InChI=1S/C13H9Cl2N3/c14-11-3-2-10(12(15)5-11)8-18-13-4-1-9(6-16)7-17-13/h1-5,7H,8H2,(H,17,18). The molecule has 0 aliphatic heterocycles. The first-order chi connectivity index (χ1) is 8.69. The molecule has 2 aromatic rings. The monoisotopic (exact) mass is 277 g/mol. The smallest absolute Gasteiger partial charge is 0.126 e. The van der Waals surface area contributed by atoms with Crippen LogP contribution in [0.25, 0.3) is 0 Å². The van der Waals surface area contributed by atoms with E-state index in [4.69, 9.17) is 28.5 Å². The molecule has 0 aliphatic carbocycles. The quantitative estimate of drug-likeness (QED) is 0.927. The Kier molecular flexibility index (Phi) is 4.03. The van der Waals surface area contributed by atoms with Crippen LogP contribution in [0, 0.1) is 11.3 Å². The van der Waals surface area contributed by atoms with E-state index in [2.05, 4.69) is 10.3 Å². The largest absolute Gasteiger partial charge is 0.366 e. The molecule has 0 saturated heterocycles. The minimum Gasteiger partial charge on any atom is -0.366 e. The van der Waals surface area contributed by atoms with Crippen LogP contribution >= 0.6 is 23.2 Å². The normalized spacial score (nSPS) is 9.83. The first kappa shape index (κ1) is 12.7. The van der Waals surface area contributed by atoms with Gasteiger partial charge in [-0.3, -0.25) is 0 Å². The number of nitriles is 1. The maximum atomic E-state index is 8.66. The van der Waals surface area contributed by atoms with Crippen LogP contribution in [-0.2, 0) is 6.54 Å². The Morgan fingerprint density at radius 3 is 2.67 bits per heavy atom. The zero-order chi connectivity index (χ0) is 13.0. The van der Waals surface area contributed by atoms with Crippen LogP contribution in [0.15, 0.2) is 36.5 Å². The number of anilines is 1. The fourth-order valence-electron chi connectivity index (χ4n) is 1.42. The van der Waals surface area contributed by atoms with E-state index in [0.29, 0.717) is 28.0 Å². The highest BCUT2D eigenvalue weighted by molar-refractivity contribution is 6.35. The topological polar surface area (TPSA) is 48.7 Å². The molecule has 90 valence electrons. The van der Waals surface area contributed by atoms with Gasteiger partial charge in [-0.25, -0.2) is 4.98 Å². The lowest BCUT2D eigenvalue weighted by atomic mass is 10.2. The minimum absolute atomic E-state index is 0.532. The van der Waals surface area contributed by atoms with E-state index < -0.39 is 0 Å². The predicted molar refractivity (Wildman–Crippen MR) is 72.7 cm³/mol. The number of hydrogen-bond acceptors (Lipinski definition) is 3. The van der Waals surface area contributed by atoms with Gasteiger partial charge in [-0.2, -0.15) is 5.26 Å². The lowest BCUT2D eigenvalue weighted by Gasteiger charge is -2.07. The third-order valence-corrected chi connectivity index (χ3v) is 2.95. The van der Waals surface area contributed by atoms with Crippen LogP contribution in [0.3, 0.4) is 0 Å². The molecule has 0 radical (unpaired) electrons. The van der Waals surface area contributed by atoms with Crippen LogP contribution in [0.2, 0.25) is 10.0 Å². The summed E-state index contributed by atoms with van der Waals surface area (Å²) >= 11 is 11.9. The number of nitrogens with zero attached hydrogens (tertiary/aromatic N) is 2. The maximum absolute atomic E-state index is 8.66. The summed E-state index contributed by atoms with van der Waals surface area (Å²) in [6.45, 7) is 0.550. The van der Waals surface area contributed by atoms with Crippen LogP contribution in [0.4, 0.5) is 5.82 Å². The molecule has 0 atom stereocenters. The second-order valence-electron chi connectivity index (χ2n) is 3.63. The molecule has 2 rings (SSSR count). The van der Waals surface area contributed by atoms with Gasteiger partial charge in [-0.15, -0.1) is 0 Å². The van der Waals surface area contributed by atoms with E-state index >= 15 is 0 Å². The molecule has 0 aliphatic rings. The highest BCUT2D eigenvalue weighted by Crippen LogP contribution is 2.21. The van der Waals surface area contributed by atoms with Gasteiger partial charge in [0.1, 0.15) is 11.9 Å². The lowest BCUT2D eigenvalue weighted by Crippen LogP contribution is -2.01. The second-order valence-corrected chi connectivity index (χ2v) is 4.48. The molecule has 0 bridgehead atoms. The first-order valence-electron chi connectivity index (χ1n) is 5.23. The van der Waals surface area contributed by atoms with E-state index in [0.717, 1.165) is 5.56 Å². The Balaban J connectivity index is 2.04. The average Bonchev–Trinajstić information content (AvgIpc) is 2.38. The Hall–Kier alpha value is -1.76. The Labute approximate surface area is 115 Å². The van der Waals surface area contributed by atoms with Crippen molar-refractivity contribution in [1.82, 2.24) is 4.98 Å². The number of nitrogens with one attached hydrogen (secondary N) is 1. The van der Waals surface area contributed by atoms with E-state index in [1.165, 1.54) is 6.20 Å². The SMILES string of the molecule is N#Cc1ccc(NCc2ccc(Cl)cc2Cl)nc1. The van der Waals surface area contributed by atoms with Gasteiger partial charge in [0.25, 0.3) is 0 Å². The van der Waals surface area contributed by atoms with Gasteiger partial charge in [-0.1, -0.05) is 29.3 Å². The highest BCUT2D eigenvalue weighted by atomic mass is 35.5. The van der Waals surface area contributed by atoms with Gasteiger partial charge in [-0.05, 0) is 29.8 Å². The molecule has 1 aromatic heterocycles. The van der Waals surface area contributed by atoms with E-state index in [1.54, 1.807) is 24.3 Å². The zero-order valence-corrected chi connectivity index (χ0v) is 10.8. The fraction of sp³-hybridized carbons (Fsp3) is 0.0769. The van der Waals surface area contributed by atoms with Gasteiger partial charge in [0.05, 0.1) is 5.56 Å². The van der Waals surface area contributed by atoms with E-state index in [1.807, 2.05) is 12.1 Å². The van der Waals surface area contributed by atoms with Crippen molar-refractivity contribution < 1.29 is 0 Å². The minimum atomic E-state index is 0.532. The molecule has 18 heavy (non-hydrogen) atoms. The van der Waals surface area contributed by atoms with Gasteiger partial charge in [0.15, 0.2) is 0 Å². The highest BCUT2D eigenvalue weighted by Gasteiger charge is 2.01. The van der Waals surface area contributed by atoms with Gasteiger partial charge in [0.2, 0.25) is 0 Å². The first-order valence-corrected chi connectivity index (χ1v) is 5.98. The number of pyridine rings is 1. The number of aromatic nitrogens is 1. The molecule has 1 aromatic carbocycles. The summed E-state index contributed by atoms with van der Waals surface area (Å²) in [5.41, 5.74) is 1.47. The number of benzene rings is 1. The summed E-state index contributed by atoms with van der Waals surface area (Å²) in [7, 11) is 0. The Morgan fingerprint density at radius 1 is 1.22 bits per heavy atom. The number of rotatable bonds is 3. The van der Waals surface area contributed by atoms with Gasteiger partial charge in [0, 0.05) is 22.8 Å². The summed E-state index contributed by atoms with van der Waals surface area (Å²) in [5, 5.41) is 13.0. The molecule has 0 unspecified atom stereocenters. The number of halogens is 2. The lowest BCUT2D eigenvalue weighted by molar-refractivity contribution is 1.11. The Morgan fingerprint density at radius 2 is 2.06 bits per heavy atom. The van der Waals surface area contributed by atoms with Gasteiger partial charge < -0.3 is 5.32 Å². The molecular weight excluding hydrogens is 269 g/mol. The van der Waals surface area contributed by atoms with Crippen molar-refractivity contribution in [2.45, 2.75) is 6.54 Å². The van der Waals surface area contributed by atoms with Crippen LogP contribution in [0.1, 0.15) is 11.1 Å². The van der Waals surface area contributed by atoms with Gasteiger partial charge >= 0.3 is 0 Å². The van der Waals surface area contributed by atoms with Crippen molar-refractivity contribution in [3.05, 3.63) is 57.7 Å². The second kappa shape index (κ2) is 5.72. The fourth-order valence-corrected chi connectivity index (χ4v) is 1.89. The summed E-state index contributed by atoms with van der Waals surface area (Å²) < 4.78 is 0. The molecule has 0 amide bonds. The Bertz CT molecular complexity index is 588. The van der Waals surface area contributed by atoms with Crippen molar-refractivity contribution in [3.8, 4) is 6.07 Å². The summed E-state index contributed by atoms with van der Waals surface area (Å²) in [6.07, 6.45) is 1.52. The predicted octanol–water partition coefficient (Wildman–Crippen LogP) is 3.87. The van der Waals surface area contributed by atoms with E-state index in [-0.39, 0.29) is 0 Å². The summed E-state index contributed by atoms with van der Waals surface area (Å²) in [6, 6.07) is 10.8. The van der Waals surface area contributed by atoms with Crippen molar-refractivity contribution >= 4 is 29.0 Å². The maximum Gasteiger partial charge on any atom is 0.126 e. The van der Waals surface area contributed by atoms with Crippen molar-refractivity contribution in [2.75, 3.05) is 5.32 Å². The summed E-state index contributed by atoms with van der Waals surface area (Å²) in [5.74, 6) is 0.694. The summed E-state index contributed by atoms with van der Waals surface area (Å²) in [4.78, 5) is 4.11. The third kappa shape index (κ3) is 3.13. The zero-order valence-electron chi connectivity index (χ0n) is 9.32.